The zero-order chi connectivity index (χ0) is 20.2. The largest absolute Gasteiger partial charge is 0.345 e. The number of hydrogen-bond acceptors (Lipinski definition) is 4. The molecule has 0 saturated heterocycles. The number of benzene rings is 2. The summed E-state index contributed by atoms with van der Waals surface area (Å²) in [5.74, 6) is -0.796. The van der Waals surface area contributed by atoms with Crippen molar-refractivity contribution in [2.75, 3.05) is 11.9 Å². The van der Waals surface area contributed by atoms with Gasteiger partial charge in [0, 0.05) is 17.0 Å². The van der Waals surface area contributed by atoms with E-state index >= 15 is 0 Å². The van der Waals surface area contributed by atoms with E-state index < -0.39 is 5.91 Å². The molecule has 29 heavy (non-hydrogen) atoms. The van der Waals surface area contributed by atoms with Crippen LogP contribution in [-0.4, -0.2) is 27.9 Å². The van der Waals surface area contributed by atoms with Crippen LogP contribution in [0.15, 0.2) is 77.9 Å². The van der Waals surface area contributed by atoms with Crippen molar-refractivity contribution < 1.29 is 9.59 Å². The number of pyridine rings is 2. The lowest BCUT2D eigenvalue weighted by atomic mass is 10.2. The fourth-order valence-corrected chi connectivity index (χ4v) is 3.09. The van der Waals surface area contributed by atoms with E-state index in [0.29, 0.717) is 11.1 Å². The summed E-state index contributed by atoms with van der Waals surface area (Å²) >= 11 is 0. The molecule has 7 nitrogen and oxygen atoms in total. The normalized spacial score (nSPS) is 10.8. The molecular weight excluding hydrogens is 368 g/mol. The van der Waals surface area contributed by atoms with E-state index in [2.05, 4.69) is 15.6 Å². The van der Waals surface area contributed by atoms with Crippen LogP contribution < -0.4 is 16.2 Å². The highest BCUT2D eigenvalue weighted by atomic mass is 16.2. The lowest BCUT2D eigenvalue weighted by Crippen LogP contribution is -2.37. The Morgan fingerprint density at radius 1 is 0.931 bits per heavy atom. The summed E-state index contributed by atoms with van der Waals surface area (Å²) in [7, 11) is 0. The van der Waals surface area contributed by atoms with E-state index in [0.717, 1.165) is 16.3 Å². The van der Waals surface area contributed by atoms with Gasteiger partial charge in [0.2, 0.25) is 11.8 Å². The van der Waals surface area contributed by atoms with Gasteiger partial charge in [-0.15, -0.1) is 0 Å². The maximum Gasteiger partial charge on any atom is 0.258 e. The minimum absolute atomic E-state index is 0.158. The van der Waals surface area contributed by atoms with Gasteiger partial charge in [0.1, 0.15) is 6.54 Å². The van der Waals surface area contributed by atoms with Gasteiger partial charge in [0.15, 0.2) is 0 Å². The van der Waals surface area contributed by atoms with Crippen LogP contribution in [0, 0.1) is 0 Å². The molecule has 2 aromatic heterocycles. The molecule has 0 unspecified atom stereocenters. The minimum Gasteiger partial charge on any atom is -0.345 e. The first-order chi connectivity index (χ1) is 14.1. The highest BCUT2D eigenvalue weighted by Gasteiger charge is 2.09. The number of anilines is 1. The Labute approximate surface area is 166 Å². The molecule has 2 aromatic carbocycles. The molecule has 7 heteroatoms. The first-order valence-electron chi connectivity index (χ1n) is 9.10. The molecule has 0 aliphatic rings. The van der Waals surface area contributed by atoms with Crippen LogP contribution in [0.3, 0.4) is 0 Å². The van der Waals surface area contributed by atoms with Crippen LogP contribution in [0.25, 0.3) is 21.7 Å². The SMILES string of the molecule is O=C(Cn1ccc2ccccc2c1=O)NCC(=O)Nc1cnc2ccccc2c1. The zero-order valence-corrected chi connectivity index (χ0v) is 15.5. The lowest BCUT2D eigenvalue weighted by Gasteiger charge is -2.09. The van der Waals surface area contributed by atoms with Gasteiger partial charge in [0.25, 0.3) is 5.56 Å². The minimum atomic E-state index is -0.422. The third-order valence-corrected chi connectivity index (χ3v) is 4.52. The van der Waals surface area contributed by atoms with Crippen molar-refractivity contribution in [3.63, 3.8) is 0 Å². The van der Waals surface area contributed by atoms with E-state index in [1.807, 2.05) is 42.5 Å². The van der Waals surface area contributed by atoms with Gasteiger partial charge in [-0.3, -0.25) is 19.4 Å². The van der Waals surface area contributed by atoms with E-state index in [1.54, 1.807) is 30.6 Å². The number of amides is 2. The molecule has 0 radical (unpaired) electrons. The summed E-state index contributed by atoms with van der Waals surface area (Å²) in [6, 6.07) is 18.4. The molecule has 0 fully saturated rings. The van der Waals surface area contributed by atoms with Crippen LogP contribution in [0.1, 0.15) is 0 Å². The summed E-state index contributed by atoms with van der Waals surface area (Å²) in [5.41, 5.74) is 1.14. The third-order valence-electron chi connectivity index (χ3n) is 4.52. The molecule has 0 aliphatic carbocycles. The molecule has 0 aliphatic heterocycles. The number of carbonyl (C=O) groups excluding carboxylic acids is 2. The van der Waals surface area contributed by atoms with Gasteiger partial charge in [-0.1, -0.05) is 36.4 Å². The lowest BCUT2D eigenvalue weighted by molar-refractivity contribution is -0.124. The second-order valence-corrected chi connectivity index (χ2v) is 6.58. The maximum atomic E-state index is 12.4. The molecule has 0 atom stereocenters. The van der Waals surface area contributed by atoms with Crippen LogP contribution in [0.2, 0.25) is 0 Å². The third kappa shape index (κ3) is 4.14. The monoisotopic (exact) mass is 386 g/mol. The predicted octanol–water partition coefficient (Wildman–Crippen LogP) is 2.30. The highest BCUT2D eigenvalue weighted by molar-refractivity contribution is 5.96. The fraction of sp³-hybridized carbons (Fsp3) is 0.0909. The molecule has 0 saturated carbocycles. The van der Waals surface area contributed by atoms with Crippen molar-refractivity contribution in [1.29, 1.82) is 0 Å². The van der Waals surface area contributed by atoms with Gasteiger partial charge in [0.05, 0.1) is 23.9 Å². The summed E-state index contributed by atoms with van der Waals surface area (Å²) in [6.07, 6.45) is 3.14. The van der Waals surface area contributed by atoms with E-state index in [4.69, 9.17) is 0 Å². The smallest absolute Gasteiger partial charge is 0.258 e. The Kier molecular flexibility index (Phi) is 5.03. The molecule has 2 N–H and O–H groups in total. The highest BCUT2D eigenvalue weighted by Crippen LogP contribution is 2.15. The molecule has 0 spiro atoms. The number of nitrogens with one attached hydrogen (secondary N) is 2. The number of carbonyl (C=O) groups is 2. The number of nitrogens with zero attached hydrogens (tertiary/aromatic N) is 2. The topological polar surface area (TPSA) is 93.1 Å². The van der Waals surface area contributed by atoms with Gasteiger partial charge < -0.3 is 15.2 Å². The molecule has 2 amide bonds. The van der Waals surface area contributed by atoms with Gasteiger partial charge in [-0.25, -0.2) is 0 Å². The standard InChI is InChI=1S/C22H18N4O3/c27-20(25-17-11-16-6-2-4-8-19(16)23-12-17)13-24-21(28)14-26-10-9-15-5-1-3-7-18(15)22(26)29/h1-12H,13-14H2,(H,24,28)(H,25,27). The first-order valence-corrected chi connectivity index (χ1v) is 9.10. The number of aromatic nitrogens is 2. The summed E-state index contributed by atoms with van der Waals surface area (Å²) < 4.78 is 1.32. The van der Waals surface area contributed by atoms with Crippen LogP contribution in [0.4, 0.5) is 5.69 Å². The van der Waals surface area contributed by atoms with Crippen molar-refractivity contribution in [1.82, 2.24) is 14.9 Å². The van der Waals surface area contributed by atoms with Crippen molar-refractivity contribution in [2.24, 2.45) is 0 Å². The molecule has 4 rings (SSSR count). The molecule has 0 bridgehead atoms. The van der Waals surface area contributed by atoms with Gasteiger partial charge >= 0.3 is 0 Å². The summed E-state index contributed by atoms with van der Waals surface area (Å²) in [6.45, 7) is -0.359. The second-order valence-electron chi connectivity index (χ2n) is 6.58. The van der Waals surface area contributed by atoms with E-state index in [-0.39, 0.29) is 24.6 Å². The summed E-state index contributed by atoms with van der Waals surface area (Å²) in [5, 5.41) is 7.51. The zero-order valence-electron chi connectivity index (χ0n) is 15.5. The Morgan fingerprint density at radius 3 is 2.55 bits per heavy atom. The van der Waals surface area contributed by atoms with Crippen LogP contribution in [-0.2, 0) is 16.1 Å². The first kappa shape index (κ1) is 18.4. The number of fused-ring (bicyclic) bond motifs is 2. The van der Waals surface area contributed by atoms with Crippen molar-refractivity contribution in [3.8, 4) is 0 Å². The van der Waals surface area contributed by atoms with E-state index in [9.17, 15) is 14.4 Å². The summed E-state index contributed by atoms with van der Waals surface area (Å²) in [4.78, 5) is 41.0. The average Bonchev–Trinajstić information content (AvgIpc) is 2.74. The fourth-order valence-electron chi connectivity index (χ4n) is 3.09. The Hall–Kier alpha value is -4.00. The quantitative estimate of drug-likeness (QED) is 0.550. The van der Waals surface area contributed by atoms with Crippen molar-refractivity contribution in [2.45, 2.75) is 6.54 Å². The van der Waals surface area contributed by atoms with Crippen molar-refractivity contribution in [3.05, 3.63) is 83.4 Å². The average molecular weight is 386 g/mol. The van der Waals surface area contributed by atoms with E-state index in [1.165, 1.54) is 4.57 Å². The van der Waals surface area contributed by atoms with Crippen LogP contribution in [0.5, 0.6) is 0 Å². The van der Waals surface area contributed by atoms with Gasteiger partial charge in [-0.05, 0) is 29.7 Å². The number of para-hydroxylation sites is 1. The molecule has 4 aromatic rings. The number of rotatable bonds is 5. The Morgan fingerprint density at radius 2 is 1.69 bits per heavy atom. The molecule has 144 valence electrons. The van der Waals surface area contributed by atoms with Crippen molar-refractivity contribution >= 4 is 39.2 Å². The molecular formula is C22H18N4O3. The number of hydrogen-bond donors (Lipinski definition) is 2. The Balaban J connectivity index is 1.36. The molecule has 2 heterocycles. The Bertz CT molecular complexity index is 1280. The predicted molar refractivity (Wildman–Crippen MR) is 112 cm³/mol. The van der Waals surface area contributed by atoms with Crippen LogP contribution >= 0.6 is 0 Å². The van der Waals surface area contributed by atoms with Gasteiger partial charge in [-0.2, -0.15) is 0 Å². The maximum absolute atomic E-state index is 12.4. The second kappa shape index (κ2) is 7.93.